The molecule has 0 atom stereocenters. The number of carbonyl (C=O) groups excluding carboxylic acids is 2. The first-order valence-electron chi connectivity index (χ1n) is 49.1. The smallest absolute Gasteiger partial charge is 0.657 e. The van der Waals surface area contributed by atoms with Gasteiger partial charge in [0, 0.05) is 43.7 Å². The van der Waals surface area contributed by atoms with Crippen LogP contribution in [-0.4, -0.2) is 36.7 Å². The van der Waals surface area contributed by atoms with Crippen molar-refractivity contribution in [3.63, 3.8) is 0 Å². The van der Waals surface area contributed by atoms with Crippen LogP contribution in [0.3, 0.4) is 0 Å². The average Bonchev–Trinajstić information content (AvgIpc) is 1.38. The van der Waals surface area contributed by atoms with Crippen molar-refractivity contribution in [2.24, 2.45) is 0 Å². The Kier molecular flexibility index (Phi) is 25.8. The van der Waals surface area contributed by atoms with E-state index in [-0.39, 0.29) is 50.8 Å². The van der Waals surface area contributed by atoms with Gasteiger partial charge in [0.1, 0.15) is 0 Å². The molecular weight excluding hydrogens is 1900 g/mol. The molecule has 0 radical (unpaired) electrons. The van der Waals surface area contributed by atoms with E-state index in [0.29, 0.717) is 12.8 Å². The largest absolute Gasteiger partial charge is 2.00 e. The summed E-state index contributed by atoms with van der Waals surface area (Å²) in [6.45, 7) is 0. The molecule has 0 saturated heterocycles. The number of hydrogen-bond acceptors (Lipinski definition) is 7. The van der Waals surface area contributed by atoms with Gasteiger partial charge in [-0.25, -0.2) is 19.9 Å². The van der Waals surface area contributed by atoms with Gasteiger partial charge in [0.15, 0.2) is 0 Å². The van der Waals surface area contributed by atoms with Gasteiger partial charge in [0.05, 0.1) is 45.6 Å². The van der Waals surface area contributed by atoms with Crippen molar-refractivity contribution in [2.75, 3.05) is 10.6 Å². The van der Waals surface area contributed by atoms with Crippen LogP contribution in [0.15, 0.2) is 407 Å². The molecule has 16 aromatic carbocycles. The Bertz CT molecular complexity index is 8790. The molecule has 4 aliphatic rings. The zero-order valence-electron chi connectivity index (χ0n) is 80.2. The van der Waals surface area contributed by atoms with Crippen molar-refractivity contribution in [1.29, 1.82) is 0 Å². The van der Waals surface area contributed by atoms with E-state index in [4.69, 9.17) is 39.9 Å². The topological polar surface area (TPSA) is 193 Å². The van der Waals surface area contributed by atoms with Crippen LogP contribution in [0.4, 0.5) is 11.4 Å². The molecule has 0 aliphatic carbocycles. The summed E-state index contributed by atoms with van der Waals surface area (Å²) < 4.78 is 0. The van der Waals surface area contributed by atoms with Crippen molar-refractivity contribution in [3.05, 3.63) is 464 Å². The van der Waals surface area contributed by atoms with Gasteiger partial charge in [0.25, 0.3) is 0 Å². The number of carbonyl (C=O) groups is 2. The van der Waals surface area contributed by atoms with Crippen LogP contribution < -0.4 is 35.6 Å². The van der Waals surface area contributed by atoms with Crippen molar-refractivity contribution in [3.8, 4) is 89.0 Å². The van der Waals surface area contributed by atoms with Crippen LogP contribution in [0.2, 0.25) is 0 Å². The maximum atomic E-state index is 13.5. The Morgan fingerprint density at radius 1 is 0.238 bits per heavy atom. The summed E-state index contributed by atoms with van der Waals surface area (Å²) in [5.41, 5.74) is 32.3. The average molecular weight is 1990 g/mol. The van der Waals surface area contributed by atoms with E-state index in [0.717, 1.165) is 216 Å². The van der Waals surface area contributed by atoms with E-state index in [1.807, 2.05) is 109 Å². The molecule has 16 heteroatoms. The van der Waals surface area contributed by atoms with E-state index in [9.17, 15) is 9.59 Å². The van der Waals surface area contributed by atoms with Crippen LogP contribution in [0, 0.1) is 0 Å². The van der Waals surface area contributed by atoms with Crippen LogP contribution in [-0.2, 0) is 61.4 Å². The molecule has 2 N–H and O–H groups in total. The molecule has 692 valence electrons. The number of imidazole rings is 1. The van der Waals surface area contributed by atoms with Gasteiger partial charge in [-0.2, -0.15) is 0 Å². The molecular formula is C131H89N12O2Zn2-3. The number of nitrogens with zero attached hydrogens (tertiary/aromatic N) is 10. The Morgan fingerprint density at radius 2 is 0.469 bits per heavy atom. The zero-order chi connectivity index (χ0) is 96.6. The third-order valence-corrected chi connectivity index (χ3v) is 27.8. The van der Waals surface area contributed by atoms with Gasteiger partial charge >= 0.3 is 19.5 Å². The number of fused-ring (bicyclic) bond motifs is 16. The fraction of sp³-hybridized carbons (Fsp3) is 0.0458. The number of benzene rings is 16. The van der Waals surface area contributed by atoms with Gasteiger partial charge in [-0.1, -0.05) is 383 Å². The molecule has 0 fully saturated rings. The van der Waals surface area contributed by atoms with Crippen molar-refractivity contribution >= 4 is 181 Å². The number of rotatable bonds is 18. The van der Waals surface area contributed by atoms with Crippen molar-refractivity contribution in [2.45, 2.75) is 38.5 Å². The second-order valence-corrected chi connectivity index (χ2v) is 36.8. The molecule has 16 bridgehead atoms. The molecule has 0 unspecified atom stereocenters. The fourth-order valence-electron chi connectivity index (χ4n) is 21.2. The van der Waals surface area contributed by atoms with Gasteiger partial charge in [-0.3, -0.25) is 9.59 Å². The molecule has 147 heavy (non-hydrogen) atoms. The number of nitrogens with one attached hydrogen (secondary N) is 2. The summed E-state index contributed by atoms with van der Waals surface area (Å²) in [5.74, 6) is -0.0231. The number of amides is 2. The third-order valence-electron chi connectivity index (χ3n) is 27.8. The normalized spacial score (nSPS) is 11.8. The number of aromatic nitrogens is 10. The second kappa shape index (κ2) is 40.9. The maximum Gasteiger partial charge on any atom is 2.00 e. The van der Waals surface area contributed by atoms with Gasteiger partial charge in [-0.05, 0) is 263 Å². The molecule has 4 aliphatic heterocycles. The van der Waals surface area contributed by atoms with Crippen LogP contribution in [0.25, 0.3) is 246 Å². The van der Waals surface area contributed by atoms with Crippen LogP contribution in [0.1, 0.15) is 82.4 Å². The van der Waals surface area contributed by atoms with E-state index < -0.39 is 0 Å². The fourth-order valence-corrected chi connectivity index (χ4v) is 21.2. The maximum absolute atomic E-state index is 13.5. The first-order valence-corrected chi connectivity index (χ1v) is 49.1. The number of anilines is 2. The minimum atomic E-state index is -0.0116. The molecule has 23 aromatic rings. The van der Waals surface area contributed by atoms with E-state index in [2.05, 4.69) is 348 Å². The zero-order valence-corrected chi connectivity index (χ0v) is 86.2. The van der Waals surface area contributed by atoms with Crippen molar-refractivity contribution < 1.29 is 48.5 Å². The predicted molar refractivity (Wildman–Crippen MR) is 598 cm³/mol. The summed E-state index contributed by atoms with van der Waals surface area (Å²) >= 11 is 0. The monoisotopic (exact) mass is 1990 g/mol. The Labute approximate surface area is 873 Å². The standard InChI is InChI=1S/2C64H44N5O.C3H3N2.2Zn/c2*70-58(21-11-18-40-22-23-46-25-24-44-19-10-20-45-28-31-49(40)60(46)59(44)45)65-48-29-26-47(27-30-48)64-56-38-36-54(68-56)62(42-14-6-2-7-15-42)52-34-32-50(66-52)61(41-12-4-1-5-13-41)51-33-35-53(67-51)63(43-16-8-3-9-17-43)55-37-39-57(64)69-55;1-2-5-3-4-1;;/h2*1-10,12-17,19-20,22-39H,11,18,21H2,(H2-,65,66,67,68,69,70);1-3H;;/q3*-1;;+2/p-2. The Balaban J connectivity index is 0.000000152. The van der Waals surface area contributed by atoms with Gasteiger partial charge in [-0.15, -0.1) is 44.1 Å². The first-order chi connectivity index (χ1) is 71.7. The van der Waals surface area contributed by atoms with Crippen LogP contribution in [0.5, 0.6) is 0 Å². The first kappa shape index (κ1) is 92.9. The van der Waals surface area contributed by atoms with E-state index in [1.54, 1.807) is 12.4 Å². The summed E-state index contributed by atoms with van der Waals surface area (Å²) in [5, 5.41) is 21.7. The summed E-state index contributed by atoms with van der Waals surface area (Å²) in [4.78, 5) is 77.4. The summed E-state index contributed by atoms with van der Waals surface area (Å²) in [6.07, 6.45) is 25.4. The summed E-state index contributed by atoms with van der Waals surface area (Å²) in [6, 6.07) is 135. The molecule has 7 aromatic heterocycles. The molecule has 27 rings (SSSR count). The SMILES string of the molecule is O=C(CCCc1ccc2ccc3cccc4ccc1c2c34)Nc1ccc(-c2c3nc(c(-c4ccccc4)c4ccc([n-]4)c(-c4ccccc4)c4nc(c(-c5ccccc5)c5ccc2[n-]5)C=C4)C=C3)cc1.O=C(CCCc1ccc2ccc3cccc4ccc1c2c34)Nc1ccc(-c2c3nc(c(-c4ccccc4)c4ccc([n-]4)c(-c4ccccc4)c4nc(c(-c5ccccc5)c5ccc2[n-]5)C=C4)C=C3)cc1.[Zn+2].[Zn].c1c[n-]cn1. The van der Waals surface area contributed by atoms with Gasteiger partial charge in [0.2, 0.25) is 11.8 Å². The minimum Gasteiger partial charge on any atom is -0.657 e. The van der Waals surface area contributed by atoms with Crippen molar-refractivity contribution in [1.82, 2.24) is 49.8 Å². The molecule has 2 amide bonds. The minimum absolute atomic E-state index is 0. The third kappa shape index (κ3) is 18.4. The molecule has 14 nitrogen and oxygen atoms in total. The Hall–Kier alpha value is -17.8. The Morgan fingerprint density at radius 3 is 0.701 bits per heavy atom. The second-order valence-electron chi connectivity index (χ2n) is 36.8. The van der Waals surface area contributed by atoms with E-state index >= 15 is 0 Å². The molecule has 11 heterocycles. The molecule has 0 saturated carbocycles. The number of aryl methyl sites for hydroxylation is 2. The van der Waals surface area contributed by atoms with Crippen LogP contribution >= 0.6 is 0 Å². The number of hydrogen-bond donors (Lipinski definition) is 2. The van der Waals surface area contributed by atoms with E-state index in [1.165, 1.54) is 82.1 Å². The van der Waals surface area contributed by atoms with Gasteiger partial charge < -0.3 is 40.5 Å². The quantitative estimate of drug-likeness (QED) is 0.0611. The predicted octanol–water partition coefficient (Wildman–Crippen LogP) is 30.9. The molecule has 0 spiro atoms. The summed E-state index contributed by atoms with van der Waals surface area (Å²) in [7, 11) is 0.